The van der Waals surface area contributed by atoms with Crippen LogP contribution in [0.2, 0.25) is 0 Å². The summed E-state index contributed by atoms with van der Waals surface area (Å²) in [6.45, 7) is 0. The molecule has 0 bridgehead atoms. The first-order valence-corrected chi connectivity index (χ1v) is 5.03. The predicted molar refractivity (Wildman–Crippen MR) is 60.8 cm³/mol. The summed E-state index contributed by atoms with van der Waals surface area (Å²) >= 11 is 3.09. The fourth-order valence-corrected chi connectivity index (χ4v) is 1.44. The molecule has 0 fully saturated rings. The second-order valence-corrected chi connectivity index (χ2v) is 3.79. The second-order valence-electron chi connectivity index (χ2n) is 2.94. The Bertz CT molecular complexity index is 437. The molecule has 0 atom stereocenters. The molecule has 4 N–H and O–H groups in total. The molecule has 7 heteroatoms. The van der Waals surface area contributed by atoms with E-state index in [2.05, 4.69) is 26.4 Å². The Morgan fingerprint density at radius 1 is 1.62 bits per heavy atom. The van der Waals surface area contributed by atoms with Gasteiger partial charge in [-0.3, -0.25) is 4.79 Å². The summed E-state index contributed by atoms with van der Waals surface area (Å²) in [7, 11) is 0. The third-order valence-electron chi connectivity index (χ3n) is 1.68. The van der Waals surface area contributed by atoms with E-state index >= 15 is 0 Å². The Kier molecular flexibility index (Phi) is 4.24. The van der Waals surface area contributed by atoms with Crippen molar-refractivity contribution in [2.45, 2.75) is 6.42 Å². The van der Waals surface area contributed by atoms with Gasteiger partial charge in [0.25, 0.3) is 0 Å². The molecule has 0 unspecified atom stereocenters. The molecule has 1 amide bonds. The van der Waals surface area contributed by atoms with Gasteiger partial charge in [0, 0.05) is 4.47 Å². The summed E-state index contributed by atoms with van der Waals surface area (Å²) in [5, 5.41) is 13.4. The van der Waals surface area contributed by atoms with Crippen molar-refractivity contribution in [3.63, 3.8) is 0 Å². The molecule has 0 aliphatic carbocycles. The van der Waals surface area contributed by atoms with E-state index in [1.165, 1.54) is 18.2 Å². The van der Waals surface area contributed by atoms with Crippen LogP contribution in [0.4, 0.5) is 10.1 Å². The highest BCUT2D eigenvalue weighted by atomic mass is 79.9. The van der Waals surface area contributed by atoms with Crippen molar-refractivity contribution in [1.82, 2.24) is 0 Å². The SMILES string of the molecule is N/C(CC(=O)Nc1ccc(F)cc1Br)=N\O. The van der Waals surface area contributed by atoms with Gasteiger partial charge in [-0.25, -0.2) is 4.39 Å². The van der Waals surface area contributed by atoms with E-state index in [9.17, 15) is 9.18 Å². The van der Waals surface area contributed by atoms with Crippen molar-refractivity contribution in [2.75, 3.05) is 5.32 Å². The van der Waals surface area contributed by atoms with Gasteiger partial charge in [0.15, 0.2) is 0 Å². The number of anilines is 1. The van der Waals surface area contributed by atoms with Crippen molar-refractivity contribution in [2.24, 2.45) is 10.9 Å². The van der Waals surface area contributed by atoms with Crippen molar-refractivity contribution in [3.8, 4) is 0 Å². The molecule has 0 saturated heterocycles. The standard InChI is InChI=1S/C9H9BrFN3O2/c10-6-3-5(11)1-2-7(6)13-9(15)4-8(12)14-16/h1-3,16H,4H2,(H2,12,14)(H,13,15). The zero-order valence-electron chi connectivity index (χ0n) is 8.08. The van der Waals surface area contributed by atoms with Crippen LogP contribution in [0.1, 0.15) is 6.42 Å². The van der Waals surface area contributed by atoms with Crippen LogP contribution in [0.3, 0.4) is 0 Å². The number of nitrogens with two attached hydrogens (primary N) is 1. The molecule has 0 saturated carbocycles. The number of hydrogen-bond donors (Lipinski definition) is 3. The minimum absolute atomic E-state index is 0.198. The highest BCUT2D eigenvalue weighted by molar-refractivity contribution is 9.10. The van der Waals surface area contributed by atoms with Gasteiger partial charge in [-0.05, 0) is 34.1 Å². The number of carbonyl (C=O) groups excluding carboxylic acids is 1. The molecule has 86 valence electrons. The maximum Gasteiger partial charge on any atom is 0.232 e. The quantitative estimate of drug-likeness (QED) is 0.342. The van der Waals surface area contributed by atoms with Crippen LogP contribution >= 0.6 is 15.9 Å². The summed E-state index contributed by atoms with van der Waals surface area (Å²) in [5.74, 6) is -1.07. The van der Waals surface area contributed by atoms with E-state index in [0.29, 0.717) is 10.2 Å². The first-order valence-electron chi connectivity index (χ1n) is 4.24. The van der Waals surface area contributed by atoms with E-state index in [1.54, 1.807) is 0 Å². The maximum atomic E-state index is 12.7. The molecule has 1 aromatic carbocycles. The Hall–Kier alpha value is -1.63. The van der Waals surface area contributed by atoms with E-state index in [1.807, 2.05) is 0 Å². The van der Waals surface area contributed by atoms with Crippen molar-refractivity contribution in [1.29, 1.82) is 0 Å². The zero-order valence-corrected chi connectivity index (χ0v) is 9.66. The van der Waals surface area contributed by atoms with Gasteiger partial charge in [-0.1, -0.05) is 5.16 Å². The smallest absolute Gasteiger partial charge is 0.232 e. The normalized spacial score (nSPS) is 11.2. The number of amidine groups is 1. The van der Waals surface area contributed by atoms with Crippen LogP contribution in [0.15, 0.2) is 27.8 Å². The highest BCUT2D eigenvalue weighted by Crippen LogP contribution is 2.22. The van der Waals surface area contributed by atoms with Crippen molar-refractivity contribution >= 4 is 33.4 Å². The topological polar surface area (TPSA) is 87.7 Å². The maximum absolute atomic E-state index is 12.7. The van der Waals surface area contributed by atoms with Crippen LogP contribution in [-0.2, 0) is 4.79 Å². The third kappa shape index (κ3) is 3.50. The molecule has 0 aliphatic heterocycles. The molecule has 1 aromatic rings. The predicted octanol–water partition coefficient (Wildman–Crippen LogP) is 1.66. The Labute approximate surface area is 99.3 Å². The second kappa shape index (κ2) is 5.45. The number of hydrogen-bond acceptors (Lipinski definition) is 3. The molecular formula is C9H9BrFN3O2. The average molecular weight is 290 g/mol. The molecular weight excluding hydrogens is 281 g/mol. The number of nitrogens with zero attached hydrogens (tertiary/aromatic N) is 1. The van der Waals surface area contributed by atoms with Crippen LogP contribution in [-0.4, -0.2) is 17.0 Å². The molecule has 0 spiro atoms. The van der Waals surface area contributed by atoms with Gasteiger partial charge in [-0.15, -0.1) is 0 Å². The zero-order chi connectivity index (χ0) is 12.1. The van der Waals surface area contributed by atoms with Crippen LogP contribution in [0.25, 0.3) is 0 Å². The number of benzene rings is 1. The molecule has 0 aliphatic rings. The number of amides is 1. The molecule has 16 heavy (non-hydrogen) atoms. The number of halogens is 2. The van der Waals surface area contributed by atoms with Gasteiger partial charge in [-0.2, -0.15) is 0 Å². The van der Waals surface area contributed by atoms with E-state index in [4.69, 9.17) is 10.9 Å². The highest BCUT2D eigenvalue weighted by Gasteiger charge is 2.08. The average Bonchev–Trinajstić information content (AvgIpc) is 2.22. The van der Waals surface area contributed by atoms with Gasteiger partial charge < -0.3 is 16.3 Å². The summed E-state index contributed by atoms with van der Waals surface area (Å²) < 4.78 is 13.2. The summed E-state index contributed by atoms with van der Waals surface area (Å²) in [6, 6.07) is 3.84. The van der Waals surface area contributed by atoms with Gasteiger partial charge in [0.1, 0.15) is 11.7 Å². The van der Waals surface area contributed by atoms with Crippen LogP contribution in [0.5, 0.6) is 0 Å². The minimum Gasteiger partial charge on any atom is -0.409 e. The van der Waals surface area contributed by atoms with Gasteiger partial charge in [0.05, 0.1) is 12.1 Å². The molecule has 0 aromatic heterocycles. The number of carbonyl (C=O) groups is 1. The van der Waals surface area contributed by atoms with E-state index in [-0.39, 0.29) is 12.3 Å². The molecule has 0 radical (unpaired) electrons. The lowest BCUT2D eigenvalue weighted by atomic mass is 10.3. The summed E-state index contributed by atoms with van der Waals surface area (Å²) in [5.41, 5.74) is 5.57. The number of oxime groups is 1. The third-order valence-corrected chi connectivity index (χ3v) is 2.33. The fourth-order valence-electron chi connectivity index (χ4n) is 0.985. The Balaban J connectivity index is 2.70. The lowest BCUT2D eigenvalue weighted by molar-refractivity contribution is -0.115. The largest absolute Gasteiger partial charge is 0.409 e. The van der Waals surface area contributed by atoms with E-state index < -0.39 is 11.7 Å². The first-order chi connectivity index (χ1) is 7.52. The summed E-state index contributed by atoms with van der Waals surface area (Å²) in [6.07, 6.45) is -0.236. The Morgan fingerprint density at radius 2 is 2.31 bits per heavy atom. The summed E-state index contributed by atoms with van der Waals surface area (Å²) in [4.78, 5) is 11.3. The van der Waals surface area contributed by atoms with Crippen LogP contribution in [0, 0.1) is 5.82 Å². The van der Waals surface area contributed by atoms with Gasteiger partial charge in [0.2, 0.25) is 5.91 Å². The molecule has 0 heterocycles. The van der Waals surface area contributed by atoms with Crippen molar-refractivity contribution < 1.29 is 14.4 Å². The molecule has 1 rings (SSSR count). The number of nitrogens with one attached hydrogen (secondary N) is 1. The first kappa shape index (κ1) is 12.4. The van der Waals surface area contributed by atoms with Crippen molar-refractivity contribution in [3.05, 3.63) is 28.5 Å². The fraction of sp³-hybridized carbons (Fsp3) is 0.111. The Morgan fingerprint density at radius 3 is 2.88 bits per heavy atom. The monoisotopic (exact) mass is 289 g/mol. The van der Waals surface area contributed by atoms with Gasteiger partial charge >= 0.3 is 0 Å². The van der Waals surface area contributed by atoms with E-state index in [0.717, 1.165) is 0 Å². The minimum atomic E-state index is -0.456. The lowest BCUT2D eigenvalue weighted by Gasteiger charge is -2.06. The molecule has 5 nitrogen and oxygen atoms in total. The number of rotatable bonds is 3. The van der Waals surface area contributed by atoms with Crippen LogP contribution < -0.4 is 11.1 Å². The lowest BCUT2D eigenvalue weighted by Crippen LogP contribution is -2.22.